The van der Waals surface area contributed by atoms with Gasteiger partial charge in [0.05, 0.1) is 28.4 Å². The van der Waals surface area contributed by atoms with E-state index in [1.807, 2.05) is 19.2 Å². The summed E-state index contributed by atoms with van der Waals surface area (Å²) in [5.74, 6) is 0. The third kappa shape index (κ3) is 3.25. The second kappa shape index (κ2) is 6.05. The van der Waals surface area contributed by atoms with Crippen LogP contribution in [0.4, 0.5) is 5.69 Å². The molecule has 0 aliphatic rings. The topological polar surface area (TPSA) is 48.7 Å². The Labute approximate surface area is 121 Å². The monoisotopic (exact) mass is 291 g/mol. The summed E-state index contributed by atoms with van der Waals surface area (Å²) in [5, 5.41) is 13.7. The number of benzene rings is 1. The molecule has 19 heavy (non-hydrogen) atoms. The molecular formula is C14H14ClN3S. The van der Waals surface area contributed by atoms with Crippen molar-refractivity contribution in [3.05, 3.63) is 44.9 Å². The molecule has 0 amide bonds. The molecule has 1 heterocycles. The number of anilines is 1. The van der Waals surface area contributed by atoms with Gasteiger partial charge in [0, 0.05) is 11.1 Å². The van der Waals surface area contributed by atoms with Crippen LogP contribution >= 0.6 is 22.9 Å². The average Bonchev–Trinajstić information content (AvgIpc) is 2.90. The van der Waals surface area contributed by atoms with Gasteiger partial charge in [0.25, 0.3) is 0 Å². The van der Waals surface area contributed by atoms with Gasteiger partial charge in [-0.3, -0.25) is 0 Å². The van der Waals surface area contributed by atoms with Gasteiger partial charge >= 0.3 is 0 Å². The highest BCUT2D eigenvalue weighted by Crippen LogP contribution is 2.28. The maximum Gasteiger partial charge on any atom is 0.115 e. The van der Waals surface area contributed by atoms with Crippen LogP contribution in [0.25, 0.3) is 0 Å². The van der Waals surface area contributed by atoms with Gasteiger partial charge in [-0.2, -0.15) is 5.26 Å². The number of nitriles is 1. The van der Waals surface area contributed by atoms with E-state index < -0.39 is 0 Å². The molecule has 1 atom stereocenters. The van der Waals surface area contributed by atoms with Gasteiger partial charge < -0.3 is 5.32 Å². The predicted octanol–water partition coefficient (Wildman–Crippen LogP) is 4.40. The van der Waals surface area contributed by atoms with Crippen LogP contribution in [0.5, 0.6) is 0 Å². The number of aryl methyl sites for hydroxylation is 1. The summed E-state index contributed by atoms with van der Waals surface area (Å²) < 4.78 is 0. The number of hydrogen-bond donors (Lipinski definition) is 1. The molecule has 0 fully saturated rings. The number of nitrogens with one attached hydrogen (secondary N) is 1. The standard InChI is InChI=1S/C14H14ClN3S/c1-3-11-8-17-14(19-11)9(2)18-13-5-4-10(7-16)6-12(13)15/h4-6,8-9,18H,3H2,1-2H3. The molecule has 1 unspecified atom stereocenters. The second-order valence-electron chi connectivity index (χ2n) is 4.19. The fourth-order valence-electron chi connectivity index (χ4n) is 1.68. The molecule has 3 nitrogen and oxygen atoms in total. The van der Waals surface area contributed by atoms with Crippen LogP contribution in [-0.2, 0) is 6.42 Å². The van der Waals surface area contributed by atoms with Crippen molar-refractivity contribution in [1.29, 1.82) is 5.26 Å². The maximum atomic E-state index is 8.81. The number of rotatable bonds is 4. The van der Waals surface area contributed by atoms with Crippen LogP contribution in [0, 0.1) is 11.3 Å². The molecule has 0 radical (unpaired) electrons. The summed E-state index contributed by atoms with van der Waals surface area (Å²) in [5.41, 5.74) is 1.38. The van der Waals surface area contributed by atoms with E-state index in [1.54, 1.807) is 23.5 Å². The smallest absolute Gasteiger partial charge is 0.115 e. The molecule has 2 aromatic rings. The lowest BCUT2D eigenvalue weighted by atomic mass is 10.2. The van der Waals surface area contributed by atoms with Crippen molar-refractivity contribution < 1.29 is 0 Å². The highest BCUT2D eigenvalue weighted by atomic mass is 35.5. The summed E-state index contributed by atoms with van der Waals surface area (Å²) in [6, 6.07) is 7.40. The van der Waals surface area contributed by atoms with E-state index in [0.717, 1.165) is 17.1 Å². The molecule has 98 valence electrons. The van der Waals surface area contributed by atoms with Gasteiger partial charge in [0.15, 0.2) is 0 Å². The zero-order chi connectivity index (χ0) is 13.8. The first-order valence-electron chi connectivity index (χ1n) is 6.04. The van der Waals surface area contributed by atoms with Gasteiger partial charge in [-0.1, -0.05) is 18.5 Å². The van der Waals surface area contributed by atoms with E-state index in [-0.39, 0.29) is 6.04 Å². The van der Waals surface area contributed by atoms with Gasteiger partial charge in [0.1, 0.15) is 5.01 Å². The third-order valence-electron chi connectivity index (χ3n) is 2.76. The van der Waals surface area contributed by atoms with E-state index >= 15 is 0 Å². The predicted molar refractivity (Wildman–Crippen MR) is 79.7 cm³/mol. The highest BCUT2D eigenvalue weighted by molar-refractivity contribution is 7.11. The number of thiazole rings is 1. The van der Waals surface area contributed by atoms with Crippen LogP contribution in [0.2, 0.25) is 5.02 Å². The van der Waals surface area contributed by atoms with Crippen molar-refractivity contribution in [2.75, 3.05) is 5.32 Å². The van der Waals surface area contributed by atoms with Crippen molar-refractivity contribution in [1.82, 2.24) is 4.98 Å². The van der Waals surface area contributed by atoms with Gasteiger partial charge in [-0.15, -0.1) is 11.3 Å². The Kier molecular flexibility index (Phi) is 4.41. The molecule has 1 N–H and O–H groups in total. The normalized spacial score (nSPS) is 11.9. The Morgan fingerprint density at radius 3 is 2.89 bits per heavy atom. The first-order chi connectivity index (χ1) is 9.13. The minimum absolute atomic E-state index is 0.0933. The van der Waals surface area contributed by atoms with Gasteiger partial charge in [-0.05, 0) is 31.5 Å². The van der Waals surface area contributed by atoms with Crippen LogP contribution in [0.3, 0.4) is 0 Å². The second-order valence-corrected chi connectivity index (χ2v) is 5.74. The quantitative estimate of drug-likeness (QED) is 0.908. The lowest BCUT2D eigenvalue weighted by Gasteiger charge is -2.14. The summed E-state index contributed by atoms with van der Waals surface area (Å²) in [6.07, 6.45) is 2.92. The molecule has 0 spiro atoms. The number of halogens is 1. The fourth-order valence-corrected chi connectivity index (χ4v) is 2.78. The fraction of sp³-hybridized carbons (Fsp3) is 0.286. The van der Waals surface area contributed by atoms with Crippen LogP contribution < -0.4 is 5.32 Å². The summed E-state index contributed by atoms with van der Waals surface area (Å²) in [4.78, 5) is 5.68. The van der Waals surface area contributed by atoms with E-state index in [1.165, 1.54) is 4.88 Å². The minimum Gasteiger partial charge on any atom is -0.375 e. The molecule has 0 bridgehead atoms. The average molecular weight is 292 g/mol. The third-order valence-corrected chi connectivity index (χ3v) is 4.40. The molecular weight excluding hydrogens is 278 g/mol. The molecule has 0 aliphatic carbocycles. The Balaban J connectivity index is 2.14. The van der Waals surface area contributed by atoms with Crippen LogP contribution in [0.15, 0.2) is 24.4 Å². The molecule has 2 rings (SSSR count). The zero-order valence-corrected chi connectivity index (χ0v) is 12.3. The molecule has 0 saturated heterocycles. The number of aromatic nitrogens is 1. The molecule has 1 aromatic heterocycles. The maximum absolute atomic E-state index is 8.81. The Hall–Kier alpha value is -1.57. The zero-order valence-electron chi connectivity index (χ0n) is 10.8. The molecule has 5 heteroatoms. The van der Waals surface area contributed by atoms with Crippen molar-refractivity contribution in [3.63, 3.8) is 0 Å². The summed E-state index contributed by atoms with van der Waals surface area (Å²) >= 11 is 7.85. The van der Waals surface area contributed by atoms with Gasteiger partial charge in [-0.25, -0.2) is 4.98 Å². The Morgan fingerprint density at radius 2 is 2.32 bits per heavy atom. The molecule has 0 saturated carbocycles. The van der Waals surface area contributed by atoms with Crippen LogP contribution in [-0.4, -0.2) is 4.98 Å². The highest BCUT2D eigenvalue weighted by Gasteiger charge is 2.11. The summed E-state index contributed by atoms with van der Waals surface area (Å²) in [6.45, 7) is 4.17. The Morgan fingerprint density at radius 1 is 1.53 bits per heavy atom. The van der Waals surface area contributed by atoms with E-state index in [2.05, 4.69) is 23.3 Å². The number of hydrogen-bond acceptors (Lipinski definition) is 4. The first-order valence-corrected chi connectivity index (χ1v) is 7.24. The molecule has 1 aromatic carbocycles. The SMILES string of the molecule is CCc1cnc(C(C)Nc2ccc(C#N)cc2Cl)s1. The van der Waals surface area contributed by atoms with E-state index in [4.69, 9.17) is 16.9 Å². The number of nitrogens with zero attached hydrogens (tertiary/aromatic N) is 2. The minimum atomic E-state index is 0.0933. The lowest BCUT2D eigenvalue weighted by Crippen LogP contribution is -2.06. The molecule has 0 aliphatic heterocycles. The van der Waals surface area contributed by atoms with Crippen molar-refractivity contribution in [2.24, 2.45) is 0 Å². The van der Waals surface area contributed by atoms with Crippen LogP contribution in [0.1, 0.15) is 35.3 Å². The van der Waals surface area contributed by atoms with E-state index in [9.17, 15) is 0 Å². The van der Waals surface area contributed by atoms with E-state index in [0.29, 0.717) is 10.6 Å². The van der Waals surface area contributed by atoms with Crippen molar-refractivity contribution >= 4 is 28.6 Å². The lowest BCUT2D eigenvalue weighted by molar-refractivity contribution is 0.869. The first kappa shape index (κ1) is 13.9. The Bertz CT molecular complexity index is 615. The van der Waals surface area contributed by atoms with Crippen molar-refractivity contribution in [2.45, 2.75) is 26.3 Å². The van der Waals surface area contributed by atoms with Gasteiger partial charge in [0.2, 0.25) is 0 Å². The largest absolute Gasteiger partial charge is 0.375 e. The summed E-state index contributed by atoms with van der Waals surface area (Å²) in [7, 11) is 0. The van der Waals surface area contributed by atoms with Crippen molar-refractivity contribution in [3.8, 4) is 6.07 Å².